The first-order valence-corrected chi connectivity index (χ1v) is 2.75. The molecule has 0 aliphatic heterocycles. The molecular formula is H4CaCrO6. The molecule has 0 aromatic rings. The third-order valence-electron chi connectivity index (χ3n) is 0. The van der Waals surface area contributed by atoms with Crippen LogP contribution in [-0.4, -0.2) is 48.7 Å². The van der Waals surface area contributed by atoms with Gasteiger partial charge in [-0.2, -0.15) is 0 Å². The molecule has 6 nitrogen and oxygen atoms in total. The van der Waals surface area contributed by atoms with E-state index in [-0.39, 0.29) is 48.7 Å². The summed E-state index contributed by atoms with van der Waals surface area (Å²) in [5.41, 5.74) is 0. The Labute approximate surface area is 77.5 Å². The van der Waals surface area contributed by atoms with Gasteiger partial charge in [-0.1, -0.05) is 0 Å². The van der Waals surface area contributed by atoms with Crippen LogP contribution in [0.1, 0.15) is 0 Å². The van der Waals surface area contributed by atoms with Crippen molar-refractivity contribution in [3.8, 4) is 0 Å². The average Bonchev–Trinajstić information content (AvgIpc) is 0.722. The van der Waals surface area contributed by atoms with Crippen LogP contribution in [0.15, 0.2) is 0 Å². The van der Waals surface area contributed by atoms with Gasteiger partial charge in [0.15, 0.2) is 0 Å². The Balaban J connectivity index is -0.0000000267. The number of hydrogen-bond donors (Lipinski definition) is 0. The van der Waals surface area contributed by atoms with Crippen LogP contribution in [0.3, 0.4) is 0 Å². The van der Waals surface area contributed by atoms with Crippen LogP contribution in [0.5, 0.6) is 0 Å². The summed E-state index contributed by atoms with van der Waals surface area (Å²) >= 11 is -5.75. The standard InChI is InChI=1S/Ca.Cr.2H2O.4O/h;;2*1H2;;;;/q+2;;;;;;2*-1. The van der Waals surface area contributed by atoms with Crippen LogP contribution in [0.4, 0.5) is 0 Å². The van der Waals surface area contributed by atoms with Gasteiger partial charge in [0.25, 0.3) is 0 Å². The fraction of sp³-hybridized carbons (Fsp3) is 0. The van der Waals surface area contributed by atoms with E-state index in [1.807, 2.05) is 0 Å². The van der Waals surface area contributed by atoms with E-state index < -0.39 is 13.6 Å². The summed E-state index contributed by atoms with van der Waals surface area (Å²) in [7, 11) is 0. The van der Waals surface area contributed by atoms with Crippen molar-refractivity contribution in [2.45, 2.75) is 0 Å². The van der Waals surface area contributed by atoms with Crippen LogP contribution in [0.25, 0.3) is 0 Å². The predicted octanol–water partition coefficient (Wildman–Crippen LogP) is -4.65. The molecule has 0 amide bonds. The summed E-state index contributed by atoms with van der Waals surface area (Å²) < 4.78 is 34.4. The Morgan fingerprint density at radius 3 is 1.00 bits per heavy atom. The summed E-state index contributed by atoms with van der Waals surface area (Å²) in [5.74, 6) is 0. The molecule has 0 aromatic heterocycles. The zero-order chi connectivity index (χ0) is 4.50. The predicted molar refractivity (Wildman–Crippen MR) is 14.4 cm³/mol. The normalized spacial score (nSPS) is 7.25. The average molecular weight is 192 g/mol. The molecule has 0 bridgehead atoms. The minimum atomic E-state index is -5.75. The van der Waals surface area contributed by atoms with Crippen LogP contribution in [-0.2, 0) is 21.2 Å². The van der Waals surface area contributed by atoms with E-state index in [1.165, 1.54) is 0 Å². The Bertz CT molecular complexity index is 91.7. The van der Waals surface area contributed by atoms with Crippen molar-refractivity contribution in [2.75, 3.05) is 0 Å². The van der Waals surface area contributed by atoms with E-state index in [0.29, 0.717) is 0 Å². The summed E-state index contributed by atoms with van der Waals surface area (Å²) in [4.78, 5) is 0. The van der Waals surface area contributed by atoms with E-state index in [0.717, 1.165) is 0 Å². The monoisotopic (exact) mass is 192 g/mol. The molecule has 0 heterocycles. The van der Waals surface area contributed by atoms with Crippen molar-refractivity contribution >= 4 is 37.7 Å². The van der Waals surface area contributed by atoms with Crippen LogP contribution >= 0.6 is 0 Å². The van der Waals surface area contributed by atoms with Gasteiger partial charge in [-0.25, -0.2) is 0 Å². The van der Waals surface area contributed by atoms with E-state index in [9.17, 15) is 0 Å². The van der Waals surface area contributed by atoms with Gasteiger partial charge in [0.1, 0.15) is 0 Å². The maximum atomic E-state index is 8.59. The van der Waals surface area contributed by atoms with Gasteiger partial charge in [-0.3, -0.25) is 0 Å². The van der Waals surface area contributed by atoms with Crippen LogP contribution in [0, 0.1) is 0 Å². The van der Waals surface area contributed by atoms with Gasteiger partial charge < -0.3 is 11.0 Å². The molecule has 0 radical (unpaired) electrons. The molecule has 0 saturated carbocycles. The second kappa shape index (κ2) is 8.23. The summed E-state index contributed by atoms with van der Waals surface area (Å²) in [5, 5.41) is 0. The third kappa shape index (κ3) is 185. The van der Waals surface area contributed by atoms with E-state index in [4.69, 9.17) is 15.9 Å². The summed E-state index contributed by atoms with van der Waals surface area (Å²) in [6, 6.07) is 0. The van der Waals surface area contributed by atoms with Crippen molar-refractivity contribution in [2.24, 2.45) is 0 Å². The molecule has 0 aromatic carbocycles. The molecule has 48 valence electrons. The van der Waals surface area contributed by atoms with Crippen molar-refractivity contribution in [1.29, 1.82) is 0 Å². The Hall–Kier alpha value is 1.23. The Morgan fingerprint density at radius 2 is 1.00 bits per heavy atom. The van der Waals surface area contributed by atoms with Gasteiger partial charge in [0.05, 0.1) is 0 Å². The third-order valence-corrected chi connectivity index (χ3v) is 0. The molecule has 4 N–H and O–H groups in total. The Morgan fingerprint density at radius 1 is 1.00 bits per heavy atom. The van der Waals surface area contributed by atoms with Crippen LogP contribution < -0.4 is 8.32 Å². The first kappa shape index (κ1) is 22.9. The first-order chi connectivity index (χ1) is 2.00. The van der Waals surface area contributed by atoms with E-state index in [1.54, 1.807) is 0 Å². The SMILES string of the molecule is O.O.[Ca+2].[O]=[Cr](=[O])([O-])[O-]. The number of hydrogen-bond acceptors (Lipinski definition) is 4. The molecule has 0 unspecified atom stereocenters. The Kier molecular flexibility index (Phi) is 23.5. The summed E-state index contributed by atoms with van der Waals surface area (Å²) in [6.07, 6.45) is 0. The molecule has 0 atom stereocenters. The molecule has 0 fully saturated rings. The van der Waals surface area contributed by atoms with Crippen molar-refractivity contribution in [3.63, 3.8) is 0 Å². The van der Waals surface area contributed by atoms with Gasteiger partial charge in [0.2, 0.25) is 0 Å². The number of rotatable bonds is 0. The maximum absolute atomic E-state index is 8.59. The molecule has 0 saturated heterocycles. The zero-order valence-corrected chi connectivity index (χ0v) is 7.23. The van der Waals surface area contributed by atoms with E-state index in [2.05, 4.69) is 0 Å². The quantitative estimate of drug-likeness (QED) is 0.355. The molecule has 0 aliphatic carbocycles. The van der Waals surface area contributed by atoms with E-state index >= 15 is 0 Å². The van der Waals surface area contributed by atoms with Gasteiger partial charge >= 0.3 is 67.3 Å². The van der Waals surface area contributed by atoms with Crippen LogP contribution in [0.2, 0.25) is 0 Å². The first-order valence-electron chi connectivity index (χ1n) is 0.667. The topological polar surface area (TPSA) is 143 Å². The molecule has 0 aliphatic rings. The van der Waals surface area contributed by atoms with Crippen molar-refractivity contribution < 1.29 is 40.5 Å². The van der Waals surface area contributed by atoms with Crippen molar-refractivity contribution in [1.82, 2.24) is 0 Å². The summed E-state index contributed by atoms with van der Waals surface area (Å²) in [6.45, 7) is 0. The minimum absolute atomic E-state index is 0. The molecular weight excluding hydrogens is 188 g/mol. The van der Waals surface area contributed by atoms with Crippen molar-refractivity contribution in [3.05, 3.63) is 0 Å². The molecule has 8 heteroatoms. The molecule has 0 spiro atoms. The van der Waals surface area contributed by atoms with Gasteiger partial charge in [-0.05, 0) is 0 Å². The molecule has 0 rings (SSSR count). The van der Waals surface area contributed by atoms with Gasteiger partial charge in [0, 0.05) is 0 Å². The second-order valence-electron chi connectivity index (χ2n) is 0.408. The zero-order valence-electron chi connectivity index (χ0n) is 3.75. The fourth-order valence-corrected chi connectivity index (χ4v) is 0. The molecule has 8 heavy (non-hydrogen) atoms. The second-order valence-corrected chi connectivity index (χ2v) is 1.68. The fourth-order valence-electron chi connectivity index (χ4n) is 0. The van der Waals surface area contributed by atoms with Gasteiger partial charge in [-0.15, -0.1) is 0 Å².